The lowest BCUT2D eigenvalue weighted by Gasteiger charge is -2.36. The fraction of sp³-hybridized carbons (Fsp3) is 0.867. The van der Waals surface area contributed by atoms with E-state index in [4.69, 9.17) is 0 Å². The highest BCUT2D eigenvalue weighted by atomic mass is 16.2. The molecule has 0 aromatic rings. The van der Waals surface area contributed by atoms with E-state index in [1.165, 1.54) is 0 Å². The van der Waals surface area contributed by atoms with Gasteiger partial charge in [-0.2, -0.15) is 0 Å². The highest BCUT2D eigenvalue weighted by Crippen LogP contribution is 2.22. The number of nitrogens with zero attached hydrogens (tertiary/aromatic N) is 3. The molecule has 5 nitrogen and oxygen atoms in total. The Labute approximate surface area is 121 Å². The monoisotopic (exact) mass is 281 g/mol. The number of hydrogen-bond acceptors (Lipinski definition) is 3. The van der Waals surface area contributed by atoms with E-state index < -0.39 is 0 Å². The zero-order valence-electron chi connectivity index (χ0n) is 13.0. The van der Waals surface area contributed by atoms with Crippen LogP contribution in [0.2, 0.25) is 0 Å². The maximum Gasteiger partial charge on any atom is 0.239 e. The lowest BCUT2D eigenvalue weighted by Crippen LogP contribution is -2.50. The largest absolute Gasteiger partial charge is 0.349 e. The van der Waals surface area contributed by atoms with Crippen LogP contribution < -0.4 is 0 Å². The van der Waals surface area contributed by atoms with Gasteiger partial charge in [-0.05, 0) is 45.7 Å². The van der Waals surface area contributed by atoms with Crippen molar-refractivity contribution in [1.82, 2.24) is 14.7 Å². The Balaban J connectivity index is 1.83. The summed E-state index contributed by atoms with van der Waals surface area (Å²) in [6.45, 7) is 5.54. The molecule has 5 heteroatoms. The Kier molecular flexibility index (Phi) is 5.02. The molecule has 2 aliphatic heterocycles. The second kappa shape index (κ2) is 6.57. The first-order valence-corrected chi connectivity index (χ1v) is 7.74. The van der Waals surface area contributed by atoms with Crippen molar-refractivity contribution in [1.29, 1.82) is 0 Å². The molecule has 2 heterocycles. The summed E-state index contributed by atoms with van der Waals surface area (Å²) in [7, 11) is 3.63. The summed E-state index contributed by atoms with van der Waals surface area (Å²) >= 11 is 0. The first-order valence-electron chi connectivity index (χ1n) is 7.74. The maximum atomic E-state index is 12.4. The Morgan fingerprint density at radius 3 is 2.10 bits per heavy atom. The molecule has 0 radical (unpaired) electrons. The van der Waals surface area contributed by atoms with E-state index in [9.17, 15) is 9.59 Å². The van der Waals surface area contributed by atoms with Crippen molar-refractivity contribution in [3.63, 3.8) is 0 Å². The van der Waals surface area contributed by atoms with Gasteiger partial charge in [0.25, 0.3) is 0 Å². The van der Waals surface area contributed by atoms with Crippen LogP contribution >= 0.6 is 0 Å². The van der Waals surface area contributed by atoms with Gasteiger partial charge in [-0.3, -0.25) is 14.5 Å². The summed E-state index contributed by atoms with van der Waals surface area (Å²) in [4.78, 5) is 30.2. The topological polar surface area (TPSA) is 43.9 Å². The summed E-state index contributed by atoms with van der Waals surface area (Å²) in [6.07, 6.45) is 4.01. The Morgan fingerprint density at radius 2 is 1.60 bits per heavy atom. The molecule has 2 amide bonds. The quantitative estimate of drug-likeness (QED) is 0.768. The lowest BCUT2D eigenvalue weighted by molar-refractivity contribution is -0.137. The minimum absolute atomic E-state index is 0.0384. The smallest absolute Gasteiger partial charge is 0.239 e. The average Bonchev–Trinajstić information content (AvgIpc) is 2.99. The Bertz CT molecular complexity index is 356. The van der Waals surface area contributed by atoms with Crippen LogP contribution in [0.15, 0.2) is 0 Å². The van der Waals surface area contributed by atoms with E-state index in [1.807, 2.05) is 25.9 Å². The molecule has 0 aliphatic carbocycles. The van der Waals surface area contributed by atoms with E-state index in [0.29, 0.717) is 0 Å². The normalized spacial score (nSPS) is 22.9. The Morgan fingerprint density at radius 1 is 1.05 bits per heavy atom. The van der Waals surface area contributed by atoms with E-state index in [0.717, 1.165) is 51.9 Å². The molecule has 2 saturated heterocycles. The third kappa shape index (κ3) is 3.32. The van der Waals surface area contributed by atoms with Crippen molar-refractivity contribution < 1.29 is 9.59 Å². The van der Waals surface area contributed by atoms with Crippen LogP contribution in [0, 0.1) is 5.92 Å². The minimum atomic E-state index is -0.0384. The number of carbonyl (C=O) groups excluding carboxylic acids is 2. The molecule has 0 aromatic carbocycles. The van der Waals surface area contributed by atoms with Crippen molar-refractivity contribution in [3.8, 4) is 0 Å². The highest BCUT2D eigenvalue weighted by molar-refractivity contribution is 5.82. The number of hydrogen-bond donors (Lipinski definition) is 0. The molecule has 114 valence electrons. The minimum Gasteiger partial charge on any atom is -0.349 e. The van der Waals surface area contributed by atoms with Crippen molar-refractivity contribution in [2.75, 3.05) is 40.3 Å². The predicted octanol–water partition coefficient (Wildman–Crippen LogP) is 0.798. The fourth-order valence-corrected chi connectivity index (χ4v) is 3.26. The van der Waals surface area contributed by atoms with E-state index in [-0.39, 0.29) is 23.8 Å². The van der Waals surface area contributed by atoms with Crippen LogP contribution in [-0.2, 0) is 9.59 Å². The van der Waals surface area contributed by atoms with Gasteiger partial charge in [0.15, 0.2) is 0 Å². The van der Waals surface area contributed by atoms with Crippen LogP contribution in [0.25, 0.3) is 0 Å². The second-order valence-electron chi connectivity index (χ2n) is 6.25. The summed E-state index contributed by atoms with van der Waals surface area (Å²) in [6, 6.07) is -0.0384. The van der Waals surface area contributed by atoms with Crippen LogP contribution in [0.1, 0.15) is 32.6 Å². The zero-order valence-corrected chi connectivity index (χ0v) is 13.0. The maximum absolute atomic E-state index is 12.4. The van der Waals surface area contributed by atoms with Gasteiger partial charge in [0.05, 0.1) is 6.04 Å². The second-order valence-corrected chi connectivity index (χ2v) is 6.25. The number of piperidine rings is 1. The summed E-state index contributed by atoms with van der Waals surface area (Å²) < 4.78 is 0. The van der Waals surface area contributed by atoms with Crippen molar-refractivity contribution in [2.24, 2.45) is 5.92 Å². The molecule has 0 spiro atoms. The van der Waals surface area contributed by atoms with Crippen molar-refractivity contribution in [3.05, 3.63) is 0 Å². The molecule has 20 heavy (non-hydrogen) atoms. The van der Waals surface area contributed by atoms with Gasteiger partial charge in [0, 0.05) is 33.1 Å². The molecular weight excluding hydrogens is 254 g/mol. The van der Waals surface area contributed by atoms with E-state index >= 15 is 0 Å². The average molecular weight is 281 g/mol. The number of amides is 2. The van der Waals surface area contributed by atoms with Gasteiger partial charge < -0.3 is 9.80 Å². The van der Waals surface area contributed by atoms with Crippen LogP contribution in [0.5, 0.6) is 0 Å². The molecule has 2 aliphatic rings. The van der Waals surface area contributed by atoms with Gasteiger partial charge in [-0.15, -0.1) is 0 Å². The zero-order chi connectivity index (χ0) is 14.7. The van der Waals surface area contributed by atoms with Crippen molar-refractivity contribution in [2.45, 2.75) is 38.6 Å². The van der Waals surface area contributed by atoms with Crippen LogP contribution in [-0.4, -0.2) is 72.8 Å². The molecule has 2 rings (SSSR count). The standard InChI is InChI=1S/C15H27N3O2/c1-12(14(19)18-8-4-5-9-18)17-10-6-13(7-11-17)15(20)16(2)3/h12-13H,4-11H2,1-3H3. The molecule has 0 saturated carbocycles. The van der Waals surface area contributed by atoms with Crippen LogP contribution in [0.3, 0.4) is 0 Å². The molecular formula is C15H27N3O2. The summed E-state index contributed by atoms with van der Waals surface area (Å²) in [5, 5.41) is 0. The number of carbonyl (C=O) groups is 2. The van der Waals surface area contributed by atoms with Gasteiger partial charge in [-0.1, -0.05) is 0 Å². The third-order valence-corrected chi connectivity index (χ3v) is 4.64. The molecule has 0 aromatic heterocycles. The van der Waals surface area contributed by atoms with E-state index in [2.05, 4.69) is 4.90 Å². The van der Waals surface area contributed by atoms with Crippen LogP contribution in [0.4, 0.5) is 0 Å². The molecule has 0 bridgehead atoms. The molecule has 0 N–H and O–H groups in total. The third-order valence-electron chi connectivity index (χ3n) is 4.64. The summed E-state index contributed by atoms with van der Waals surface area (Å²) in [5.41, 5.74) is 0. The predicted molar refractivity (Wildman–Crippen MR) is 78.3 cm³/mol. The first-order chi connectivity index (χ1) is 9.50. The Hall–Kier alpha value is -1.10. The molecule has 2 fully saturated rings. The molecule has 1 atom stereocenters. The van der Waals surface area contributed by atoms with Gasteiger partial charge >= 0.3 is 0 Å². The highest BCUT2D eigenvalue weighted by Gasteiger charge is 2.32. The van der Waals surface area contributed by atoms with Gasteiger partial charge in [-0.25, -0.2) is 0 Å². The SMILES string of the molecule is CC(C(=O)N1CCCC1)N1CCC(C(=O)N(C)C)CC1. The van der Waals surface area contributed by atoms with Crippen molar-refractivity contribution >= 4 is 11.8 Å². The lowest BCUT2D eigenvalue weighted by atomic mass is 9.94. The fourth-order valence-electron chi connectivity index (χ4n) is 3.26. The number of rotatable bonds is 3. The molecule has 1 unspecified atom stereocenters. The van der Waals surface area contributed by atoms with Gasteiger partial charge in [0.1, 0.15) is 0 Å². The van der Waals surface area contributed by atoms with E-state index in [1.54, 1.807) is 4.90 Å². The first kappa shape index (κ1) is 15.3. The summed E-state index contributed by atoms with van der Waals surface area (Å²) in [5.74, 6) is 0.624. The number of likely N-dealkylation sites (tertiary alicyclic amines) is 2. The van der Waals surface area contributed by atoms with Gasteiger partial charge in [0.2, 0.25) is 11.8 Å².